The highest BCUT2D eigenvalue weighted by molar-refractivity contribution is 7.07. The quantitative estimate of drug-likeness (QED) is 0.294. The summed E-state index contributed by atoms with van der Waals surface area (Å²) in [5, 5.41) is 0.787. The summed E-state index contributed by atoms with van der Waals surface area (Å²) in [7, 11) is 1.43. The van der Waals surface area contributed by atoms with Gasteiger partial charge in [0.1, 0.15) is 0 Å². The van der Waals surface area contributed by atoms with Gasteiger partial charge in [0.25, 0.3) is 5.56 Å². The van der Waals surface area contributed by atoms with Crippen molar-refractivity contribution in [2.45, 2.75) is 33.7 Å². The number of carbonyl (C=O) groups excluding carboxylic acids is 2. The molecular weight excluding hydrogens is 563 g/mol. The predicted molar refractivity (Wildman–Crippen MR) is 150 cm³/mol. The zero-order valence-corrected chi connectivity index (χ0v) is 24.2. The van der Waals surface area contributed by atoms with Crippen molar-refractivity contribution in [1.29, 1.82) is 0 Å². The molecule has 0 N–H and O–H groups in total. The molecular formula is C28H26Cl2N2O6S. The molecule has 4 rings (SSSR count). The van der Waals surface area contributed by atoms with Crippen LogP contribution in [0.4, 0.5) is 0 Å². The van der Waals surface area contributed by atoms with Gasteiger partial charge in [-0.25, -0.2) is 9.79 Å². The maximum Gasteiger partial charge on any atom is 0.338 e. The molecule has 0 spiro atoms. The first kappa shape index (κ1) is 28.6. The van der Waals surface area contributed by atoms with E-state index in [9.17, 15) is 14.4 Å². The number of thiazole rings is 1. The van der Waals surface area contributed by atoms with Crippen molar-refractivity contribution >= 4 is 52.6 Å². The Morgan fingerprint density at radius 3 is 2.46 bits per heavy atom. The standard InChI is InChI=1S/C28H26Cl2N2O6S/c1-14(2)13-37-27(35)24-15(3)31-28-32(25(24)17-9-10-21(38-16(4)33)22(11-17)36-5)26(34)23(39-28)12-18-19(29)7-6-8-20(18)30/h6-12,14,25H,13H2,1-5H3/b23-12+/t25-/m1/s1. The van der Waals surface area contributed by atoms with E-state index in [1.165, 1.54) is 18.6 Å². The van der Waals surface area contributed by atoms with Gasteiger partial charge in [0.15, 0.2) is 16.3 Å². The molecule has 0 amide bonds. The van der Waals surface area contributed by atoms with Gasteiger partial charge >= 0.3 is 11.9 Å². The smallest absolute Gasteiger partial charge is 0.338 e. The Bertz CT molecular complexity index is 1650. The van der Waals surface area contributed by atoms with Crippen LogP contribution in [0.3, 0.4) is 0 Å². The fourth-order valence-electron chi connectivity index (χ4n) is 4.09. The van der Waals surface area contributed by atoms with Gasteiger partial charge in [-0.1, -0.05) is 60.5 Å². The number of aromatic nitrogens is 1. The number of carbonyl (C=O) groups is 2. The Morgan fingerprint density at radius 2 is 1.85 bits per heavy atom. The third kappa shape index (κ3) is 5.95. The summed E-state index contributed by atoms with van der Waals surface area (Å²) in [4.78, 5) is 43.8. The molecule has 204 valence electrons. The largest absolute Gasteiger partial charge is 0.493 e. The molecule has 2 heterocycles. The fraction of sp³-hybridized carbons (Fsp3) is 0.286. The van der Waals surface area contributed by atoms with Gasteiger partial charge in [-0.3, -0.25) is 14.2 Å². The SMILES string of the molecule is COc1cc([C@@H]2C(C(=O)OCC(C)C)=C(C)N=c3s/c(=C/c4c(Cl)cccc4Cl)c(=O)n32)ccc1OC(C)=O. The number of hydrogen-bond acceptors (Lipinski definition) is 8. The number of nitrogens with zero attached hydrogens (tertiary/aromatic N) is 2. The van der Waals surface area contributed by atoms with Crippen LogP contribution in [0.15, 0.2) is 57.5 Å². The molecule has 11 heteroatoms. The summed E-state index contributed by atoms with van der Waals surface area (Å²) >= 11 is 13.9. The summed E-state index contributed by atoms with van der Waals surface area (Å²) in [6, 6.07) is 9.05. The maximum absolute atomic E-state index is 13.9. The third-order valence-corrected chi connectivity index (χ3v) is 7.46. The van der Waals surface area contributed by atoms with Crippen molar-refractivity contribution in [3.05, 3.63) is 88.5 Å². The zero-order valence-electron chi connectivity index (χ0n) is 21.9. The van der Waals surface area contributed by atoms with E-state index in [-0.39, 0.29) is 35.2 Å². The highest BCUT2D eigenvalue weighted by Crippen LogP contribution is 2.36. The van der Waals surface area contributed by atoms with Gasteiger partial charge in [-0.15, -0.1) is 0 Å². The van der Waals surface area contributed by atoms with Crippen LogP contribution in [0.1, 0.15) is 44.9 Å². The molecule has 0 unspecified atom stereocenters. The first-order chi connectivity index (χ1) is 18.5. The van der Waals surface area contributed by atoms with E-state index in [0.29, 0.717) is 36.2 Å². The Labute approximate surface area is 238 Å². The average Bonchev–Trinajstić information content (AvgIpc) is 3.18. The van der Waals surface area contributed by atoms with Crippen LogP contribution in [0, 0.1) is 5.92 Å². The second-order valence-corrected chi connectivity index (χ2v) is 11.0. The number of hydrogen-bond donors (Lipinski definition) is 0. The minimum absolute atomic E-state index is 0.109. The molecule has 8 nitrogen and oxygen atoms in total. The highest BCUT2D eigenvalue weighted by atomic mass is 35.5. The fourth-order valence-corrected chi connectivity index (χ4v) is 5.63. The van der Waals surface area contributed by atoms with Crippen LogP contribution < -0.4 is 24.4 Å². The number of rotatable bonds is 7. The first-order valence-corrected chi connectivity index (χ1v) is 13.6. The van der Waals surface area contributed by atoms with Crippen LogP contribution in [0.5, 0.6) is 11.5 Å². The molecule has 1 atom stereocenters. The van der Waals surface area contributed by atoms with E-state index in [1.807, 2.05) is 13.8 Å². The number of ether oxygens (including phenoxy) is 3. The molecule has 0 saturated heterocycles. The molecule has 0 saturated carbocycles. The van der Waals surface area contributed by atoms with Crippen LogP contribution in [-0.4, -0.2) is 30.2 Å². The maximum atomic E-state index is 13.9. The summed E-state index contributed by atoms with van der Waals surface area (Å²) < 4.78 is 18.1. The number of allylic oxidation sites excluding steroid dienone is 1. The molecule has 1 aliphatic rings. The Morgan fingerprint density at radius 1 is 1.15 bits per heavy atom. The van der Waals surface area contributed by atoms with E-state index >= 15 is 0 Å². The first-order valence-electron chi connectivity index (χ1n) is 12.0. The normalized spacial score (nSPS) is 15.2. The summed E-state index contributed by atoms with van der Waals surface area (Å²) in [5.74, 6) is -0.517. The molecule has 1 aliphatic heterocycles. The molecule has 0 bridgehead atoms. The summed E-state index contributed by atoms with van der Waals surface area (Å²) in [5.41, 5.74) is 1.29. The van der Waals surface area contributed by atoms with E-state index in [2.05, 4.69) is 4.99 Å². The number of benzene rings is 2. The lowest BCUT2D eigenvalue weighted by Gasteiger charge is -2.25. The van der Waals surface area contributed by atoms with E-state index in [0.717, 1.165) is 11.3 Å². The van der Waals surface area contributed by atoms with Crippen LogP contribution in [-0.2, 0) is 14.3 Å². The monoisotopic (exact) mass is 588 g/mol. The van der Waals surface area contributed by atoms with Gasteiger partial charge in [0, 0.05) is 22.5 Å². The number of fused-ring (bicyclic) bond motifs is 1. The average molecular weight is 589 g/mol. The Balaban J connectivity index is 1.96. The van der Waals surface area contributed by atoms with Crippen LogP contribution in [0.2, 0.25) is 10.0 Å². The summed E-state index contributed by atoms with van der Waals surface area (Å²) in [6.07, 6.45) is 1.62. The van der Waals surface area contributed by atoms with Crippen LogP contribution in [0.25, 0.3) is 6.08 Å². The number of esters is 2. The van der Waals surface area contributed by atoms with Gasteiger partial charge < -0.3 is 14.2 Å². The van der Waals surface area contributed by atoms with Crippen molar-refractivity contribution in [3.63, 3.8) is 0 Å². The second-order valence-electron chi connectivity index (χ2n) is 9.21. The third-order valence-electron chi connectivity index (χ3n) is 5.82. The van der Waals surface area contributed by atoms with Gasteiger partial charge in [-0.05, 0) is 48.7 Å². The van der Waals surface area contributed by atoms with E-state index in [1.54, 1.807) is 49.4 Å². The van der Waals surface area contributed by atoms with Crippen molar-refractivity contribution in [3.8, 4) is 11.5 Å². The molecule has 0 fully saturated rings. The van der Waals surface area contributed by atoms with Gasteiger partial charge in [0.05, 0.1) is 35.6 Å². The molecule has 1 aromatic heterocycles. The van der Waals surface area contributed by atoms with Crippen LogP contribution >= 0.6 is 34.5 Å². The molecule has 39 heavy (non-hydrogen) atoms. The molecule has 0 radical (unpaired) electrons. The van der Waals surface area contributed by atoms with E-state index in [4.69, 9.17) is 37.4 Å². The van der Waals surface area contributed by atoms with Crippen molar-refractivity contribution < 1.29 is 23.8 Å². The van der Waals surface area contributed by atoms with E-state index < -0.39 is 18.0 Å². The van der Waals surface area contributed by atoms with Gasteiger partial charge in [0.2, 0.25) is 0 Å². The van der Waals surface area contributed by atoms with Crippen molar-refractivity contribution in [1.82, 2.24) is 4.57 Å². The van der Waals surface area contributed by atoms with Crippen molar-refractivity contribution in [2.24, 2.45) is 10.9 Å². The highest BCUT2D eigenvalue weighted by Gasteiger charge is 2.34. The number of methoxy groups -OCH3 is 1. The summed E-state index contributed by atoms with van der Waals surface area (Å²) in [6.45, 7) is 7.04. The van der Waals surface area contributed by atoms with Gasteiger partial charge in [-0.2, -0.15) is 0 Å². The number of halogens is 2. The Hall–Kier alpha value is -3.40. The minimum Gasteiger partial charge on any atom is -0.493 e. The lowest BCUT2D eigenvalue weighted by atomic mass is 9.95. The molecule has 0 aliphatic carbocycles. The lowest BCUT2D eigenvalue weighted by Crippen LogP contribution is -2.40. The molecule has 2 aromatic carbocycles. The Kier molecular flexibility index (Phi) is 8.64. The topological polar surface area (TPSA) is 96.2 Å². The second kappa shape index (κ2) is 11.8. The van der Waals surface area contributed by atoms with Crippen molar-refractivity contribution in [2.75, 3.05) is 13.7 Å². The zero-order chi connectivity index (χ0) is 28.4. The predicted octanol–water partition coefficient (Wildman–Crippen LogP) is 4.68. The molecule has 3 aromatic rings. The minimum atomic E-state index is -0.884. The lowest BCUT2D eigenvalue weighted by molar-refractivity contribution is -0.140.